The summed E-state index contributed by atoms with van der Waals surface area (Å²) in [5, 5.41) is 0.203. The predicted octanol–water partition coefficient (Wildman–Crippen LogP) is 2.33. The molecule has 0 spiro atoms. The molecule has 0 amide bonds. The first-order valence-electron chi connectivity index (χ1n) is 5.70. The summed E-state index contributed by atoms with van der Waals surface area (Å²) >= 11 is 6.94. The Kier molecular flexibility index (Phi) is 4.42. The van der Waals surface area contributed by atoms with E-state index >= 15 is 0 Å². The van der Waals surface area contributed by atoms with Crippen LogP contribution >= 0.6 is 22.9 Å². The Hall–Kier alpha value is -1.44. The Labute approximate surface area is 125 Å². The molecule has 0 fully saturated rings. The van der Waals surface area contributed by atoms with Gasteiger partial charge in [-0.1, -0.05) is 41.1 Å². The third-order valence-electron chi connectivity index (χ3n) is 2.54. The van der Waals surface area contributed by atoms with E-state index in [0.717, 1.165) is 11.3 Å². The lowest BCUT2D eigenvalue weighted by molar-refractivity contribution is 0.112. The summed E-state index contributed by atoms with van der Waals surface area (Å²) in [6, 6.07) is 7.89. The largest absolute Gasteiger partial charge is 0.307 e. The lowest BCUT2D eigenvalue weighted by Gasteiger charge is -2.00. The van der Waals surface area contributed by atoms with Crippen molar-refractivity contribution >= 4 is 39.2 Å². The molecule has 106 valence electrons. The highest BCUT2D eigenvalue weighted by molar-refractivity contribution is 7.90. The first-order valence-corrected chi connectivity index (χ1v) is 8.33. The zero-order chi connectivity index (χ0) is 14.8. The van der Waals surface area contributed by atoms with E-state index in [-0.39, 0.29) is 19.7 Å². The molecular formula is C12H11ClN2O3S2. The van der Waals surface area contributed by atoms with Gasteiger partial charge in [-0.05, 0) is 19.1 Å². The first-order chi connectivity index (χ1) is 9.49. The van der Waals surface area contributed by atoms with Crippen molar-refractivity contribution < 1.29 is 13.2 Å². The molecule has 0 bridgehead atoms. The molecule has 2 aromatic rings. The molecule has 2 rings (SSSR count). The highest BCUT2D eigenvalue weighted by Crippen LogP contribution is 2.18. The monoisotopic (exact) mass is 330 g/mol. The topological polar surface area (TPSA) is 68.5 Å². The van der Waals surface area contributed by atoms with Crippen LogP contribution in [-0.4, -0.2) is 19.3 Å². The van der Waals surface area contributed by atoms with Crippen molar-refractivity contribution in [2.75, 3.05) is 0 Å². The highest BCUT2D eigenvalue weighted by atomic mass is 35.5. The molecule has 0 aliphatic carbocycles. The van der Waals surface area contributed by atoms with Crippen molar-refractivity contribution in [3.8, 4) is 0 Å². The van der Waals surface area contributed by atoms with Crippen molar-refractivity contribution in [3.63, 3.8) is 0 Å². The molecule has 0 saturated heterocycles. The maximum Gasteiger partial charge on any atom is 0.285 e. The molecule has 0 aliphatic heterocycles. The Morgan fingerprint density at radius 2 is 2.00 bits per heavy atom. The number of hydrogen-bond donors (Lipinski definition) is 0. The maximum absolute atomic E-state index is 12.2. The van der Waals surface area contributed by atoms with Crippen molar-refractivity contribution in [1.82, 2.24) is 4.57 Å². The van der Waals surface area contributed by atoms with Crippen LogP contribution < -0.4 is 4.80 Å². The summed E-state index contributed by atoms with van der Waals surface area (Å²) in [5.74, 6) is 0. The van der Waals surface area contributed by atoms with Gasteiger partial charge in [0.25, 0.3) is 10.0 Å². The van der Waals surface area contributed by atoms with E-state index in [4.69, 9.17) is 11.6 Å². The molecule has 0 N–H and O–H groups in total. The van der Waals surface area contributed by atoms with Crippen molar-refractivity contribution in [2.45, 2.75) is 18.4 Å². The summed E-state index contributed by atoms with van der Waals surface area (Å²) < 4.78 is 29.6. The lowest BCUT2D eigenvalue weighted by atomic mass is 10.4. The predicted molar refractivity (Wildman–Crippen MR) is 77.6 cm³/mol. The molecular weight excluding hydrogens is 320 g/mol. The van der Waals surface area contributed by atoms with E-state index in [2.05, 4.69) is 4.40 Å². The molecule has 0 aliphatic rings. The van der Waals surface area contributed by atoms with Gasteiger partial charge in [0.2, 0.25) is 4.80 Å². The van der Waals surface area contributed by atoms with Gasteiger partial charge in [-0.2, -0.15) is 8.42 Å². The number of aromatic nitrogens is 1. The molecule has 1 aromatic carbocycles. The molecule has 0 radical (unpaired) electrons. The summed E-state index contributed by atoms with van der Waals surface area (Å²) in [6.07, 6.45) is 0.591. The summed E-state index contributed by atoms with van der Waals surface area (Å²) in [5.41, 5.74) is 0. The van der Waals surface area contributed by atoms with Crippen LogP contribution in [0.25, 0.3) is 0 Å². The van der Waals surface area contributed by atoms with E-state index in [1.54, 1.807) is 25.1 Å². The summed E-state index contributed by atoms with van der Waals surface area (Å²) in [7, 11) is -3.82. The highest BCUT2D eigenvalue weighted by Gasteiger charge is 2.15. The molecule has 8 heteroatoms. The van der Waals surface area contributed by atoms with Gasteiger partial charge in [-0.3, -0.25) is 4.79 Å². The second-order valence-electron chi connectivity index (χ2n) is 3.78. The summed E-state index contributed by atoms with van der Waals surface area (Å²) in [6.45, 7) is 2.22. The van der Waals surface area contributed by atoms with Gasteiger partial charge < -0.3 is 4.57 Å². The Morgan fingerprint density at radius 3 is 2.55 bits per heavy atom. The number of benzene rings is 1. The van der Waals surface area contributed by atoms with E-state index in [1.807, 2.05) is 0 Å². The van der Waals surface area contributed by atoms with E-state index < -0.39 is 10.0 Å². The fraction of sp³-hybridized carbons (Fsp3) is 0.167. The average Bonchev–Trinajstić information content (AvgIpc) is 2.74. The van der Waals surface area contributed by atoms with Crippen molar-refractivity contribution in [1.29, 1.82) is 0 Å². The van der Waals surface area contributed by atoms with Gasteiger partial charge >= 0.3 is 0 Å². The number of thiazole rings is 1. The SMILES string of the molecule is CCn1c(Cl)c(C=O)s/c1=N/S(=O)(=O)c1ccccc1. The minimum Gasteiger partial charge on any atom is -0.307 e. The average molecular weight is 331 g/mol. The lowest BCUT2D eigenvalue weighted by Crippen LogP contribution is -2.16. The maximum atomic E-state index is 12.2. The van der Waals surface area contributed by atoms with Crippen LogP contribution in [0.3, 0.4) is 0 Å². The van der Waals surface area contributed by atoms with Crippen LogP contribution in [-0.2, 0) is 16.6 Å². The van der Waals surface area contributed by atoms with Gasteiger partial charge in [0.05, 0.1) is 4.90 Å². The fourth-order valence-electron chi connectivity index (χ4n) is 1.58. The molecule has 0 unspecified atom stereocenters. The van der Waals surface area contributed by atoms with Crippen LogP contribution in [0.2, 0.25) is 5.15 Å². The first kappa shape index (κ1) is 15.0. The minimum atomic E-state index is -3.82. The molecule has 0 saturated carbocycles. The Bertz CT molecular complexity index is 792. The van der Waals surface area contributed by atoms with Gasteiger partial charge in [0.15, 0.2) is 6.29 Å². The number of carbonyl (C=O) groups excluding carboxylic acids is 1. The molecule has 5 nitrogen and oxygen atoms in total. The Balaban J connectivity index is 2.65. The van der Waals surface area contributed by atoms with Gasteiger partial charge in [0, 0.05) is 6.54 Å². The second-order valence-corrected chi connectivity index (χ2v) is 6.75. The number of aldehydes is 1. The van der Waals surface area contributed by atoms with Crippen LogP contribution in [0.5, 0.6) is 0 Å². The number of halogens is 1. The fourth-order valence-corrected chi connectivity index (χ4v) is 4.11. The van der Waals surface area contributed by atoms with E-state index in [9.17, 15) is 13.2 Å². The summed E-state index contributed by atoms with van der Waals surface area (Å²) in [4.78, 5) is 11.4. The third kappa shape index (κ3) is 2.84. The number of nitrogens with zero attached hydrogens (tertiary/aromatic N) is 2. The number of carbonyl (C=O) groups is 1. The minimum absolute atomic E-state index is 0.0971. The van der Waals surface area contributed by atoms with Crippen molar-refractivity contribution in [3.05, 3.63) is 45.2 Å². The number of rotatable bonds is 4. The second kappa shape index (κ2) is 5.90. The van der Waals surface area contributed by atoms with Crippen LogP contribution in [0.1, 0.15) is 16.6 Å². The van der Waals surface area contributed by atoms with Crippen LogP contribution in [0.4, 0.5) is 0 Å². The molecule has 0 atom stereocenters. The normalized spacial score (nSPS) is 12.6. The Morgan fingerprint density at radius 1 is 1.35 bits per heavy atom. The third-order valence-corrected chi connectivity index (χ3v) is 5.46. The smallest absolute Gasteiger partial charge is 0.285 e. The molecule has 20 heavy (non-hydrogen) atoms. The molecule has 1 aromatic heterocycles. The van der Waals surface area contributed by atoms with Gasteiger partial charge in [-0.25, -0.2) is 0 Å². The van der Waals surface area contributed by atoms with Gasteiger partial charge in [0.1, 0.15) is 10.0 Å². The van der Waals surface area contributed by atoms with Gasteiger partial charge in [-0.15, -0.1) is 4.40 Å². The zero-order valence-electron chi connectivity index (χ0n) is 10.5. The number of hydrogen-bond acceptors (Lipinski definition) is 4. The van der Waals surface area contributed by atoms with E-state index in [1.165, 1.54) is 16.7 Å². The van der Waals surface area contributed by atoms with Crippen LogP contribution in [0.15, 0.2) is 39.6 Å². The zero-order valence-corrected chi connectivity index (χ0v) is 12.9. The van der Waals surface area contributed by atoms with E-state index in [0.29, 0.717) is 12.8 Å². The van der Waals surface area contributed by atoms with Crippen molar-refractivity contribution in [2.24, 2.45) is 4.40 Å². The molecule has 1 heterocycles. The standard InChI is InChI=1S/C12H11ClN2O3S2/c1-2-15-11(13)10(8-16)19-12(15)14-20(17,18)9-6-4-3-5-7-9/h3-8H,2H2,1H3/b14-12+. The van der Waals surface area contributed by atoms with Crippen LogP contribution in [0, 0.1) is 0 Å². The number of sulfonamides is 1. The quantitative estimate of drug-likeness (QED) is 0.808.